The molecule has 0 bridgehead atoms. The Bertz CT molecular complexity index is 984. The first kappa shape index (κ1) is 22.5. The van der Waals surface area contributed by atoms with Gasteiger partial charge in [-0.25, -0.2) is 0 Å². The minimum absolute atomic E-state index is 0.0628. The minimum Gasteiger partial charge on any atom is -0.507 e. The lowest BCUT2D eigenvalue weighted by Crippen LogP contribution is -2.38. The number of aliphatic hydroxyl groups excluding tert-OH is 1. The van der Waals surface area contributed by atoms with Gasteiger partial charge in [-0.3, -0.25) is 14.6 Å². The molecule has 7 nitrogen and oxygen atoms in total. The van der Waals surface area contributed by atoms with Gasteiger partial charge in [0, 0.05) is 24.8 Å². The largest absolute Gasteiger partial charge is 0.507 e. The van der Waals surface area contributed by atoms with Gasteiger partial charge in [0.25, 0.3) is 11.7 Å². The lowest BCUT2D eigenvalue weighted by atomic mass is 9.97. The molecule has 1 atom stereocenters. The van der Waals surface area contributed by atoms with Crippen molar-refractivity contribution in [1.82, 2.24) is 14.8 Å². The lowest BCUT2D eigenvalue weighted by Gasteiger charge is -2.27. The van der Waals surface area contributed by atoms with E-state index in [9.17, 15) is 14.7 Å². The number of carbonyl (C=O) groups excluding carboxylic acids is 2. The number of aromatic nitrogens is 1. The van der Waals surface area contributed by atoms with E-state index in [4.69, 9.17) is 4.74 Å². The molecule has 0 saturated carbocycles. The SMILES string of the molecule is CCN(CC)CCN1C(=O)C(=O)C(=C(O)c2ccc(OC)c(C)c2)[C@@H]1c1ccccn1. The maximum absolute atomic E-state index is 13.0. The number of likely N-dealkylation sites (N-methyl/N-ethyl adjacent to an activating group) is 1. The molecule has 2 aromatic rings. The van der Waals surface area contributed by atoms with Crippen LogP contribution in [-0.4, -0.2) is 64.9 Å². The first-order valence-electron chi connectivity index (χ1n) is 10.5. The Morgan fingerprint density at radius 1 is 1.19 bits per heavy atom. The summed E-state index contributed by atoms with van der Waals surface area (Å²) >= 11 is 0. The van der Waals surface area contributed by atoms with Gasteiger partial charge in [0.15, 0.2) is 0 Å². The summed E-state index contributed by atoms with van der Waals surface area (Å²) in [6.07, 6.45) is 1.62. The molecule has 1 aliphatic heterocycles. The fourth-order valence-corrected chi connectivity index (χ4v) is 3.93. The summed E-state index contributed by atoms with van der Waals surface area (Å²) in [5.41, 5.74) is 1.89. The quantitative estimate of drug-likeness (QED) is 0.399. The van der Waals surface area contributed by atoms with Crippen molar-refractivity contribution in [1.29, 1.82) is 0 Å². The smallest absolute Gasteiger partial charge is 0.295 e. The van der Waals surface area contributed by atoms with Gasteiger partial charge in [0.2, 0.25) is 0 Å². The third-order valence-electron chi connectivity index (χ3n) is 5.73. The van der Waals surface area contributed by atoms with Gasteiger partial charge in [-0.1, -0.05) is 19.9 Å². The van der Waals surface area contributed by atoms with Crippen LogP contribution in [0.5, 0.6) is 5.75 Å². The van der Waals surface area contributed by atoms with E-state index in [0.29, 0.717) is 30.1 Å². The Balaban J connectivity index is 2.08. The monoisotopic (exact) mass is 423 g/mol. The second-order valence-electron chi connectivity index (χ2n) is 7.46. The second-order valence-corrected chi connectivity index (χ2v) is 7.46. The molecule has 164 valence electrons. The van der Waals surface area contributed by atoms with E-state index in [-0.39, 0.29) is 11.3 Å². The first-order valence-corrected chi connectivity index (χ1v) is 10.5. The number of hydrogen-bond acceptors (Lipinski definition) is 6. The fourth-order valence-electron chi connectivity index (χ4n) is 3.93. The zero-order chi connectivity index (χ0) is 22.5. The molecule has 3 rings (SSSR count). The topological polar surface area (TPSA) is 83.0 Å². The number of methoxy groups -OCH3 is 1. The highest BCUT2D eigenvalue weighted by Gasteiger charge is 2.46. The Labute approximate surface area is 183 Å². The van der Waals surface area contributed by atoms with Crippen molar-refractivity contribution in [2.75, 3.05) is 33.3 Å². The number of rotatable bonds is 8. The maximum atomic E-state index is 13.0. The van der Waals surface area contributed by atoms with Crippen LogP contribution in [0.3, 0.4) is 0 Å². The number of likely N-dealkylation sites (tertiary alicyclic amines) is 1. The molecule has 7 heteroatoms. The van der Waals surface area contributed by atoms with Crippen LogP contribution in [0.25, 0.3) is 5.76 Å². The second kappa shape index (κ2) is 9.75. The third kappa shape index (κ3) is 4.46. The number of carbonyl (C=O) groups is 2. The van der Waals surface area contributed by atoms with Gasteiger partial charge < -0.3 is 19.6 Å². The van der Waals surface area contributed by atoms with Gasteiger partial charge in [0.1, 0.15) is 17.6 Å². The predicted octanol–water partition coefficient (Wildman–Crippen LogP) is 3.16. The highest BCUT2D eigenvalue weighted by molar-refractivity contribution is 6.46. The van der Waals surface area contributed by atoms with E-state index >= 15 is 0 Å². The fraction of sp³-hybridized carbons (Fsp3) is 0.375. The average molecular weight is 424 g/mol. The number of ketones is 1. The van der Waals surface area contributed by atoms with Gasteiger partial charge >= 0.3 is 0 Å². The summed E-state index contributed by atoms with van der Waals surface area (Å²) in [6, 6.07) is 9.78. The van der Waals surface area contributed by atoms with E-state index in [0.717, 1.165) is 18.7 Å². The van der Waals surface area contributed by atoms with E-state index in [1.165, 1.54) is 4.90 Å². The maximum Gasteiger partial charge on any atom is 0.295 e. The van der Waals surface area contributed by atoms with Crippen LogP contribution in [0.15, 0.2) is 48.2 Å². The Morgan fingerprint density at radius 3 is 2.52 bits per heavy atom. The van der Waals surface area contributed by atoms with Crippen molar-refractivity contribution in [3.8, 4) is 5.75 Å². The molecule has 1 saturated heterocycles. The van der Waals surface area contributed by atoms with Crippen LogP contribution in [0.4, 0.5) is 0 Å². The molecule has 1 aromatic carbocycles. The van der Waals surface area contributed by atoms with Crippen molar-refractivity contribution < 1.29 is 19.4 Å². The van der Waals surface area contributed by atoms with Crippen molar-refractivity contribution in [3.05, 3.63) is 65.0 Å². The minimum atomic E-state index is -0.737. The van der Waals surface area contributed by atoms with Crippen LogP contribution in [0.2, 0.25) is 0 Å². The zero-order valence-corrected chi connectivity index (χ0v) is 18.5. The number of pyridine rings is 1. The van der Waals surface area contributed by atoms with Crippen LogP contribution >= 0.6 is 0 Å². The van der Waals surface area contributed by atoms with E-state index in [1.54, 1.807) is 43.6 Å². The van der Waals surface area contributed by atoms with Crippen LogP contribution in [0, 0.1) is 6.92 Å². The summed E-state index contributed by atoms with van der Waals surface area (Å²) in [5, 5.41) is 11.1. The summed E-state index contributed by atoms with van der Waals surface area (Å²) < 4.78 is 5.28. The number of aliphatic hydroxyl groups is 1. The molecule has 31 heavy (non-hydrogen) atoms. The van der Waals surface area contributed by atoms with E-state index < -0.39 is 17.7 Å². The third-order valence-corrected chi connectivity index (χ3v) is 5.73. The molecule has 1 aromatic heterocycles. The van der Waals surface area contributed by atoms with Crippen molar-refractivity contribution in [2.24, 2.45) is 0 Å². The van der Waals surface area contributed by atoms with Crippen LogP contribution < -0.4 is 4.74 Å². The normalized spacial score (nSPS) is 18.1. The number of amides is 1. The molecule has 1 amide bonds. The van der Waals surface area contributed by atoms with Crippen molar-refractivity contribution in [3.63, 3.8) is 0 Å². The summed E-state index contributed by atoms with van der Waals surface area (Å²) in [6.45, 7) is 8.66. The van der Waals surface area contributed by atoms with Crippen molar-refractivity contribution >= 4 is 17.4 Å². The number of ether oxygens (including phenoxy) is 1. The number of hydrogen-bond donors (Lipinski definition) is 1. The highest BCUT2D eigenvalue weighted by Crippen LogP contribution is 2.38. The summed E-state index contributed by atoms with van der Waals surface area (Å²) in [4.78, 5) is 34.1. The van der Waals surface area contributed by atoms with Gasteiger partial charge in [-0.05, 0) is 55.9 Å². The Kier molecular flexibility index (Phi) is 7.07. The highest BCUT2D eigenvalue weighted by atomic mass is 16.5. The molecule has 1 aliphatic rings. The zero-order valence-electron chi connectivity index (χ0n) is 18.5. The number of nitrogens with zero attached hydrogens (tertiary/aromatic N) is 3. The molecule has 0 radical (unpaired) electrons. The predicted molar refractivity (Wildman–Crippen MR) is 119 cm³/mol. The molecular formula is C24H29N3O4. The summed E-state index contributed by atoms with van der Waals surface area (Å²) in [5.74, 6) is -0.835. The van der Waals surface area contributed by atoms with Gasteiger partial charge in [-0.2, -0.15) is 0 Å². The Hall–Kier alpha value is -3.19. The molecule has 0 spiro atoms. The van der Waals surface area contributed by atoms with Gasteiger partial charge in [0.05, 0.1) is 18.4 Å². The van der Waals surface area contributed by atoms with Crippen LogP contribution in [0.1, 0.15) is 36.7 Å². The van der Waals surface area contributed by atoms with Crippen molar-refractivity contribution in [2.45, 2.75) is 26.8 Å². The van der Waals surface area contributed by atoms with E-state index in [2.05, 4.69) is 23.7 Å². The lowest BCUT2D eigenvalue weighted by molar-refractivity contribution is -0.140. The molecule has 0 unspecified atom stereocenters. The van der Waals surface area contributed by atoms with Gasteiger partial charge in [-0.15, -0.1) is 0 Å². The number of aryl methyl sites for hydroxylation is 1. The van der Waals surface area contributed by atoms with Crippen LogP contribution in [-0.2, 0) is 9.59 Å². The Morgan fingerprint density at radius 2 is 1.94 bits per heavy atom. The molecule has 2 heterocycles. The first-order chi connectivity index (χ1) is 14.9. The number of Topliss-reactive ketones (excluding diaryl/α,β-unsaturated/α-hetero) is 1. The summed E-state index contributed by atoms with van der Waals surface area (Å²) in [7, 11) is 1.57. The molecule has 1 N–H and O–H groups in total. The van der Waals surface area contributed by atoms with E-state index in [1.807, 2.05) is 13.0 Å². The average Bonchev–Trinajstić information content (AvgIpc) is 3.04. The standard InChI is InChI=1S/C24H29N3O4/c1-5-26(6-2)13-14-27-21(18-9-7-8-12-25-18)20(23(29)24(27)30)22(28)17-10-11-19(31-4)16(3)15-17/h7-12,15,21,28H,5-6,13-14H2,1-4H3/t21-/m0/s1. The molecule has 1 fully saturated rings. The molecule has 0 aliphatic carbocycles. The molecular weight excluding hydrogens is 394 g/mol. The number of benzene rings is 1.